The van der Waals surface area contributed by atoms with Crippen LogP contribution in [0.2, 0.25) is 40.2 Å². The molecule has 0 aromatic heterocycles. The van der Waals surface area contributed by atoms with E-state index < -0.39 is 0 Å². The molecule has 0 aliphatic heterocycles. The molecule has 12 aromatic carbocycles. The van der Waals surface area contributed by atoms with Gasteiger partial charge in [-0.1, -0.05) is 349 Å². The fourth-order valence-electron chi connectivity index (χ4n) is 13.4. The molecule has 0 amide bonds. The number of benzene rings is 12. The van der Waals surface area contributed by atoms with Crippen molar-refractivity contribution < 1.29 is 54.1 Å². The number of carbonyl (C=O) groups is 2. The van der Waals surface area contributed by atoms with Crippen LogP contribution in [-0.2, 0) is 42.1 Å². The number of alkyl halides is 6. The maximum absolute atomic E-state index is 11.0. The van der Waals surface area contributed by atoms with Gasteiger partial charge in [-0.25, -0.2) is 0 Å². The Labute approximate surface area is 886 Å². The van der Waals surface area contributed by atoms with E-state index in [0.29, 0.717) is 96.3 Å². The van der Waals surface area contributed by atoms with Gasteiger partial charge in [-0.2, -0.15) is 0 Å². The normalized spacial score (nSPS) is 11.1. The number of hydrogen-bond donors (Lipinski definition) is 5. The van der Waals surface area contributed by atoms with Crippen LogP contribution < -0.4 is 18.9 Å². The van der Waals surface area contributed by atoms with Crippen LogP contribution >= 0.6 is 167 Å². The van der Waals surface area contributed by atoms with E-state index in [1.807, 2.05) is 109 Å². The standard InChI is InChI=1S/C21H23Cl3O3.C19H21Cl3O.C18H19Cl3O2.C16H16Cl2O.C16H18O.C15H16O2.C3H6BrCl.C3H5ClO.CH4/c1-14(25)13-27-17-7-5-15(6-8-17)21(2,3)16-11-18(23)20(19(24)12-16)26-10-4-9-22;1-13-5-7-14(8-6-13)19(2,3)15-11-16(21)18(17(22)12-15)23-10-4-9-20;1-18(2,12-4-6-14(22)7-5-12)13-10-15(20)17(16(21)11-13)23-9-3-8-19;1-10-4-6-11(7-5-10)16(2,3)12-8-13(17)15(19)14(18)9-12;1-12-4-6-13(7-5-12)16(2,3)14-8-10-15(17)11-9-14;1-15(2,11-3-7-13(16)8-4-11)12-5-9-14(17)10-6-12;4-2-1-3-5;1-3(5)2-4;/h5-8,11-12H,4,9-10,13H2,1-3H3;5-8,11-12H,4,9-10H2,1-3H3;4-7,10-11,22H,3,8-9H2,1-2H3;4-9,19H,1-3H3;4-11,17H,1-3H3;3-10,16-17H,1-2H3;1-3H2;2H2,1H3;1H4. The number of carbonyl (C=O) groups excluding carboxylic acids is 2. The number of hydrogen-bond acceptors (Lipinski definition) is 11. The molecule has 0 spiro atoms. The highest BCUT2D eigenvalue weighted by molar-refractivity contribution is 9.09. The summed E-state index contributed by atoms with van der Waals surface area (Å²) >= 11 is 80.8. The molecule has 12 rings (SSSR count). The summed E-state index contributed by atoms with van der Waals surface area (Å²) in [7, 11) is 0. The van der Waals surface area contributed by atoms with E-state index in [1.54, 1.807) is 60.7 Å². The molecule has 0 heterocycles. The van der Waals surface area contributed by atoms with E-state index in [-0.39, 0.29) is 97.0 Å². The van der Waals surface area contributed by atoms with E-state index in [4.69, 9.17) is 170 Å². The third-order valence-corrected chi connectivity index (χ3v) is 26.9. The van der Waals surface area contributed by atoms with Crippen molar-refractivity contribution in [1.82, 2.24) is 0 Å². The molecule has 0 fully saturated rings. The summed E-state index contributed by atoms with van der Waals surface area (Å²) in [6, 6.07) is 77.1. The summed E-state index contributed by atoms with van der Waals surface area (Å²) < 4.78 is 22.3. The SMILES string of the molecule is C.CC(=O)CCl.CC(=O)COc1ccc(C(C)(C)c2cc(Cl)c(OCCCCl)c(Cl)c2)cc1.CC(C)(c1ccc(O)cc1)c1cc(Cl)c(OCCCCl)c(Cl)c1.CC(C)(c1ccc(O)cc1)c1ccc(O)cc1.Cc1ccc(C(C)(C)c2cc(Cl)c(O)c(Cl)c2)cc1.Cc1ccc(C(C)(C)c2cc(Cl)c(OCCCCl)c(Cl)c2)cc1.Cc1ccc(C(C)(C)c2ccc(O)cc2)cc1.ClCCCBr. The molecular weight excluding hydrogens is 2060 g/mol. The highest BCUT2D eigenvalue weighted by Crippen LogP contribution is 2.47. The second-order valence-corrected chi connectivity index (χ2v) is 41.2. The minimum absolute atomic E-state index is 0. The summed E-state index contributed by atoms with van der Waals surface area (Å²) in [5.41, 5.74) is 15.7. The predicted molar refractivity (Wildman–Crippen MR) is 589 cm³/mol. The lowest BCUT2D eigenvalue weighted by Gasteiger charge is -2.27. The molecule has 0 atom stereocenters. The number of phenolic OH excluding ortho intramolecular Hbond substituents is 5. The zero-order chi connectivity index (χ0) is 102. The van der Waals surface area contributed by atoms with Crippen LogP contribution in [0, 0.1) is 20.8 Å². The van der Waals surface area contributed by atoms with Crippen LogP contribution in [0.3, 0.4) is 0 Å². The van der Waals surface area contributed by atoms with Crippen LogP contribution in [0.25, 0.3) is 0 Å². The molecule has 25 heteroatoms. The Bertz CT molecular complexity index is 5270. The first-order valence-electron chi connectivity index (χ1n) is 44.0. The molecule has 0 aliphatic rings. The minimum atomic E-state index is -0.332. The second kappa shape index (κ2) is 58.7. The summed E-state index contributed by atoms with van der Waals surface area (Å²) in [6.07, 6.45) is 3.28. The van der Waals surface area contributed by atoms with Gasteiger partial charge in [-0.3, -0.25) is 9.59 Å². The number of halogens is 14. The number of aromatic hydroxyl groups is 5. The van der Waals surface area contributed by atoms with Gasteiger partial charge in [0.2, 0.25) is 0 Å². The van der Waals surface area contributed by atoms with E-state index in [2.05, 4.69) is 193 Å². The Hall–Kier alpha value is -7.57. The summed E-state index contributed by atoms with van der Waals surface area (Å²) in [6.45, 7) is 36.2. The number of rotatable bonds is 30. The molecule has 0 saturated carbocycles. The maximum Gasteiger partial charge on any atom is 0.167 e. The molecule has 0 aliphatic carbocycles. The Morgan fingerprint density at radius 1 is 0.277 bits per heavy atom. The van der Waals surface area contributed by atoms with Crippen molar-refractivity contribution in [2.75, 3.05) is 61.2 Å². The van der Waals surface area contributed by atoms with Gasteiger partial charge >= 0.3 is 0 Å². The Balaban J connectivity index is 0.000000338. The third-order valence-electron chi connectivity index (χ3n) is 22.6. The van der Waals surface area contributed by atoms with Crippen molar-refractivity contribution >= 4 is 178 Å². The lowest BCUT2D eigenvalue weighted by molar-refractivity contribution is -0.119. The topological polar surface area (TPSA) is 172 Å². The Kier molecular flexibility index (Phi) is 52.2. The predicted octanol–water partition coefficient (Wildman–Crippen LogP) is 35.2. The van der Waals surface area contributed by atoms with E-state index in [0.717, 1.165) is 81.4 Å². The van der Waals surface area contributed by atoms with Crippen LogP contribution in [0.1, 0.15) is 213 Å². The molecule has 5 N–H and O–H groups in total. The van der Waals surface area contributed by atoms with Crippen molar-refractivity contribution in [3.05, 3.63) is 366 Å². The van der Waals surface area contributed by atoms with Crippen LogP contribution in [0.5, 0.6) is 51.7 Å². The molecule has 12 aromatic rings. The van der Waals surface area contributed by atoms with Crippen molar-refractivity contribution in [3.8, 4) is 51.7 Å². The minimum Gasteiger partial charge on any atom is -0.508 e. The molecule has 0 unspecified atom stereocenters. The smallest absolute Gasteiger partial charge is 0.167 e. The average molecular weight is 2190 g/mol. The van der Waals surface area contributed by atoms with Crippen LogP contribution in [-0.4, -0.2) is 98.3 Å². The van der Waals surface area contributed by atoms with E-state index >= 15 is 0 Å². The molecule has 11 nitrogen and oxygen atoms in total. The molecule has 0 saturated heterocycles. The van der Waals surface area contributed by atoms with Crippen molar-refractivity contribution in [2.45, 2.75) is 183 Å². The first-order chi connectivity index (χ1) is 64.0. The molecule has 740 valence electrons. The van der Waals surface area contributed by atoms with Gasteiger partial charge in [-0.15, -0.1) is 58.0 Å². The van der Waals surface area contributed by atoms with Gasteiger partial charge in [0.25, 0.3) is 0 Å². The van der Waals surface area contributed by atoms with E-state index in [1.165, 1.54) is 52.8 Å². The number of Topliss-reactive ketones (excluding diaryl/α,β-unsaturated/α-hetero) is 2. The van der Waals surface area contributed by atoms with Gasteiger partial charge < -0.3 is 44.5 Å². The average Bonchev–Trinajstić information content (AvgIpc) is 0.781. The van der Waals surface area contributed by atoms with Crippen molar-refractivity contribution in [3.63, 3.8) is 0 Å². The maximum atomic E-state index is 11.0. The van der Waals surface area contributed by atoms with Gasteiger partial charge in [0.05, 0.1) is 65.9 Å². The summed E-state index contributed by atoms with van der Waals surface area (Å²) in [5.74, 6) is 5.70. The highest BCUT2D eigenvalue weighted by atomic mass is 79.9. The third kappa shape index (κ3) is 38.0. The summed E-state index contributed by atoms with van der Waals surface area (Å²) in [4.78, 5) is 20.7. The van der Waals surface area contributed by atoms with Gasteiger partial charge in [-0.05, 0) is 236 Å². The molecule has 137 heavy (non-hydrogen) atoms. The zero-order valence-electron chi connectivity index (χ0n) is 80.0. The van der Waals surface area contributed by atoms with E-state index in [9.17, 15) is 35.1 Å². The van der Waals surface area contributed by atoms with Gasteiger partial charge in [0.1, 0.15) is 41.1 Å². The van der Waals surface area contributed by atoms with Crippen molar-refractivity contribution in [2.24, 2.45) is 0 Å². The number of aryl methyl sites for hydroxylation is 3. The number of ether oxygens (including phenoxy) is 4. The quantitative estimate of drug-likeness (QED) is 0.0214. The second-order valence-electron chi connectivity index (χ2n) is 35.4. The molecule has 0 radical (unpaired) electrons. The Morgan fingerprint density at radius 3 is 0.635 bits per heavy atom. The van der Waals surface area contributed by atoms with Crippen LogP contribution in [0.15, 0.2) is 243 Å². The monoisotopic (exact) mass is 2180 g/mol. The number of ketones is 2. The largest absolute Gasteiger partial charge is 0.508 e. The molecular formula is C112H128BrCl13O11. The van der Waals surface area contributed by atoms with Gasteiger partial charge in [0.15, 0.2) is 28.8 Å². The highest BCUT2D eigenvalue weighted by Gasteiger charge is 2.32. The lowest BCUT2D eigenvalue weighted by Crippen LogP contribution is -2.19. The van der Waals surface area contributed by atoms with Gasteiger partial charge in [0, 0.05) is 61.3 Å². The molecule has 0 bridgehead atoms. The fraction of sp³-hybridized carbons (Fsp3) is 0.339. The lowest BCUT2D eigenvalue weighted by atomic mass is 9.78. The zero-order valence-corrected chi connectivity index (χ0v) is 91.4. The fourth-order valence-corrected chi connectivity index (χ4v) is 16.8. The van der Waals surface area contributed by atoms with Crippen molar-refractivity contribution in [1.29, 1.82) is 0 Å². The first-order valence-corrected chi connectivity index (χ1v) is 50.8. The van der Waals surface area contributed by atoms with Crippen LogP contribution in [0.4, 0.5) is 0 Å². The Morgan fingerprint density at radius 2 is 0.460 bits per heavy atom. The summed E-state index contributed by atoms with van der Waals surface area (Å²) in [5, 5.41) is 51.6. The number of phenols is 5. The first kappa shape index (κ1) is 122.